The average Bonchev–Trinajstić information content (AvgIpc) is 2.51. The van der Waals surface area contributed by atoms with Gasteiger partial charge in [0, 0.05) is 22.6 Å². The Bertz CT molecular complexity index is 646. The number of hydrogen-bond acceptors (Lipinski definition) is 2. The molecule has 2 rings (SSSR count). The van der Waals surface area contributed by atoms with Gasteiger partial charge in [0.2, 0.25) is 5.91 Å². The van der Waals surface area contributed by atoms with Gasteiger partial charge in [0.1, 0.15) is 0 Å². The van der Waals surface area contributed by atoms with Gasteiger partial charge in [0.25, 0.3) is 0 Å². The van der Waals surface area contributed by atoms with Crippen molar-refractivity contribution in [2.24, 2.45) is 0 Å². The van der Waals surface area contributed by atoms with Crippen molar-refractivity contribution in [3.63, 3.8) is 0 Å². The molecular formula is C17H18Cl2N2O. The highest BCUT2D eigenvalue weighted by Crippen LogP contribution is 2.21. The lowest BCUT2D eigenvalue weighted by atomic mass is 10.1. The van der Waals surface area contributed by atoms with Gasteiger partial charge in [0.15, 0.2) is 0 Å². The van der Waals surface area contributed by atoms with Gasteiger partial charge in [-0.05, 0) is 36.2 Å². The Morgan fingerprint density at radius 3 is 2.64 bits per heavy atom. The number of carbonyl (C=O) groups is 1. The van der Waals surface area contributed by atoms with E-state index in [1.165, 1.54) is 0 Å². The molecule has 0 spiro atoms. The van der Waals surface area contributed by atoms with Crippen LogP contribution in [0.25, 0.3) is 0 Å². The number of benzene rings is 2. The molecule has 116 valence electrons. The van der Waals surface area contributed by atoms with E-state index in [2.05, 4.69) is 10.6 Å². The van der Waals surface area contributed by atoms with E-state index in [1.807, 2.05) is 49.4 Å². The lowest BCUT2D eigenvalue weighted by Gasteiger charge is -2.15. The Morgan fingerprint density at radius 1 is 1.14 bits per heavy atom. The fraction of sp³-hybridized carbons (Fsp3) is 0.235. The molecule has 0 bridgehead atoms. The zero-order valence-corrected chi connectivity index (χ0v) is 13.8. The zero-order chi connectivity index (χ0) is 15.9. The summed E-state index contributed by atoms with van der Waals surface area (Å²) in [7, 11) is 0. The summed E-state index contributed by atoms with van der Waals surface area (Å²) in [4.78, 5) is 11.9. The van der Waals surface area contributed by atoms with Crippen LogP contribution in [0.15, 0.2) is 48.5 Å². The Hall–Kier alpha value is -1.55. The van der Waals surface area contributed by atoms with Crippen molar-refractivity contribution in [1.82, 2.24) is 10.6 Å². The molecule has 0 aliphatic heterocycles. The van der Waals surface area contributed by atoms with Crippen molar-refractivity contribution in [3.8, 4) is 0 Å². The van der Waals surface area contributed by atoms with E-state index in [-0.39, 0.29) is 18.5 Å². The van der Waals surface area contributed by atoms with Crippen LogP contribution in [0.1, 0.15) is 24.1 Å². The van der Waals surface area contributed by atoms with E-state index < -0.39 is 0 Å². The minimum atomic E-state index is -0.0705. The molecule has 0 fully saturated rings. The van der Waals surface area contributed by atoms with E-state index in [0.717, 1.165) is 11.1 Å². The van der Waals surface area contributed by atoms with Crippen LogP contribution in [0.4, 0.5) is 0 Å². The lowest BCUT2D eigenvalue weighted by Crippen LogP contribution is -2.34. The average molecular weight is 337 g/mol. The minimum Gasteiger partial charge on any atom is -0.351 e. The molecule has 2 aromatic carbocycles. The molecule has 1 atom stereocenters. The lowest BCUT2D eigenvalue weighted by molar-refractivity contribution is -0.120. The SMILES string of the molecule is C[C@H](NCC(=O)NCc1cccc(Cl)c1)c1ccccc1Cl. The maximum Gasteiger partial charge on any atom is 0.234 e. The standard InChI is InChI=1S/C17H18Cl2N2O/c1-12(15-7-2-3-8-16(15)19)20-11-17(22)21-10-13-5-4-6-14(18)9-13/h2-9,12,20H,10-11H2,1H3,(H,21,22)/t12-/m0/s1. The second-order valence-electron chi connectivity index (χ2n) is 5.03. The molecule has 2 aromatic rings. The smallest absolute Gasteiger partial charge is 0.234 e. The summed E-state index contributed by atoms with van der Waals surface area (Å²) < 4.78 is 0. The molecule has 0 radical (unpaired) electrons. The van der Waals surface area contributed by atoms with E-state index >= 15 is 0 Å². The number of hydrogen-bond donors (Lipinski definition) is 2. The predicted molar refractivity (Wildman–Crippen MR) is 91.2 cm³/mol. The molecule has 0 unspecified atom stereocenters. The quantitative estimate of drug-likeness (QED) is 0.838. The second-order valence-corrected chi connectivity index (χ2v) is 5.87. The summed E-state index contributed by atoms with van der Waals surface area (Å²) in [5, 5.41) is 7.38. The Morgan fingerprint density at radius 2 is 1.91 bits per heavy atom. The van der Waals surface area contributed by atoms with Crippen LogP contribution < -0.4 is 10.6 Å². The van der Waals surface area contributed by atoms with Crippen molar-refractivity contribution in [1.29, 1.82) is 0 Å². The molecule has 0 saturated carbocycles. The van der Waals surface area contributed by atoms with Crippen LogP contribution in [-0.2, 0) is 11.3 Å². The van der Waals surface area contributed by atoms with Crippen LogP contribution in [0.5, 0.6) is 0 Å². The minimum absolute atomic E-state index is 0.00520. The first-order valence-electron chi connectivity index (χ1n) is 7.05. The first-order valence-corrected chi connectivity index (χ1v) is 7.81. The number of nitrogens with one attached hydrogen (secondary N) is 2. The summed E-state index contributed by atoms with van der Waals surface area (Å²) in [6, 6.07) is 15.0. The normalized spacial score (nSPS) is 12.0. The van der Waals surface area contributed by atoms with E-state index in [9.17, 15) is 4.79 Å². The molecule has 0 saturated heterocycles. The number of amides is 1. The van der Waals surface area contributed by atoms with Crippen molar-refractivity contribution in [2.75, 3.05) is 6.54 Å². The van der Waals surface area contributed by atoms with E-state index in [0.29, 0.717) is 16.6 Å². The predicted octanol–water partition coefficient (Wildman–Crippen LogP) is 3.96. The molecule has 22 heavy (non-hydrogen) atoms. The van der Waals surface area contributed by atoms with Gasteiger partial charge < -0.3 is 10.6 Å². The first kappa shape index (κ1) is 16.8. The largest absolute Gasteiger partial charge is 0.351 e. The second kappa shape index (κ2) is 8.18. The third-order valence-electron chi connectivity index (χ3n) is 3.32. The van der Waals surface area contributed by atoms with E-state index in [1.54, 1.807) is 6.07 Å². The highest BCUT2D eigenvalue weighted by Gasteiger charge is 2.10. The van der Waals surface area contributed by atoms with Crippen LogP contribution in [-0.4, -0.2) is 12.5 Å². The van der Waals surface area contributed by atoms with E-state index in [4.69, 9.17) is 23.2 Å². The van der Waals surface area contributed by atoms with Crippen molar-refractivity contribution in [2.45, 2.75) is 19.5 Å². The van der Waals surface area contributed by atoms with Gasteiger partial charge in [-0.15, -0.1) is 0 Å². The van der Waals surface area contributed by atoms with Gasteiger partial charge in [0.05, 0.1) is 6.54 Å². The maximum atomic E-state index is 11.9. The Labute approximate surface area is 140 Å². The Kier molecular flexibility index (Phi) is 6.25. The molecule has 1 amide bonds. The zero-order valence-electron chi connectivity index (χ0n) is 12.3. The number of halogens is 2. The van der Waals surface area contributed by atoms with Crippen molar-refractivity contribution in [3.05, 3.63) is 69.7 Å². The molecule has 0 aromatic heterocycles. The number of carbonyl (C=O) groups excluding carboxylic acids is 1. The molecule has 0 heterocycles. The molecule has 5 heteroatoms. The van der Waals surface area contributed by atoms with Crippen molar-refractivity contribution >= 4 is 29.1 Å². The molecule has 0 aliphatic rings. The molecule has 0 aliphatic carbocycles. The topological polar surface area (TPSA) is 41.1 Å². The highest BCUT2D eigenvalue weighted by atomic mass is 35.5. The van der Waals surface area contributed by atoms with Crippen LogP contribution in [0.2, 0.25) is 10.0 Å². The third kappa shape index (κ3) is 5.02. The summed E-state index contributed by atoms with van der Waals surface area (Å²) in [5.41, 5.74) is 1.95. The summed E-state index contributed by atoms with van der Waals surface area (Å²) in [6.45, 7) is 2.67. The summed E-state index contributed by atoms with van der Waals surface area (Å²) in [6.07, 6.45) is 0. The first-order chi connectivity index (χ1) is 10.6. The summed E-state index contributed by atoms with van der Waals surface area (Å²) in [5.74, 6) is -0.0705. The van der Waals surface area contributed by atoms with Crippen molar-refractivity contribution < 1.29 is 4.79 Å². The third-order valence-corrected chi connectivity index (χ3v) is 3.90. The highest BCUT2D eigenvalue weighted by molar-refractivity contribution is 6.31. The van der Waals surface area contributed by atoms with Gasteiger partial charge in [-0.2, -0.15) is 0 Å². The van der Waals surface area contributed by atoms with Gasteiger partial charge in [-0.1, -0.05) is 53.5 Å². The maximum absolute atomic E-state index is 11.9. The molecule has 3 nitrogen and oxygen atoms in total. The fourth-order valence-electron chi connectivity index (χ4n) is 2.09. The van der Waals surface area contributed by atoms with Gasteiger partial charge in [-0.3, -0.25) is 4.79 Å². The van der Waals surface area contributed by atoms with Gasteiger partial charge >= 0.3 is 0 Å². The fourth-order valence-corrected chi connectivity index (χ4v) is 2.60. The summed E-state index contributed by atoms with van der Waals surface area (Å²) >= 11 is 12.0. The monoisotopic (exact) mass is 336 g/mol. The van der Waals surface area contributed by atoms with Gasteiger partial charge in [-0.25, -0.2) is 0 Å². The molecular weight excluding hydrogens is 319 g/mol. The van der Waals surface area contributed by atoms with Crippen LogP contribution >= 0.6 is 23.2 Å². The molecule has 2 N–H and O–H groups in total. The van der Waals surface area contributed by atoms with Crippen LogP contribution in [0, 0.1) is 0 Å². The Balaban J connectivity index is 1.79. The number of rotatable bonds is 6. The van der Waals surface area contributed by atoms with Crippen LogP contribution in [0.3, 0.4) is 0 Å².